The van der Waals surface area contributed by atoms with Crippen LogP contribution in [0.5, 0.6) is 0 Å². The Bertz CT molecular complexity index is 634. The van der Waals surface area contributed by atoms with Crippen molar-refractivity contribution in [2.75, 3.05) is 0 Å². The van der Waals surface area contributed by atoms with Gasteiger partial charge in [0.1, 0.15) is 5.03 Å². The predicted octanol–water partition coefficient (Wildman–Crippen LogP) is 3.63. The quantitative estimate of drug-likeness (QED) is 0.393. The second kappa shape index (κ2) is 6.14. The molecule has 0 saturated heterocycles. The molecule has 0 fully saturated rings. The van der Waals surface area contributed by atoms with Gasteiger partial charge in [-0.3, -0.25) is 0 Å². The van der Waals surface area contributed by atoms with Crippen LogP contribution in [0.15, 0.2) is 51.6 Å². The second-order valence-corrected chi connectivity index (χ2v) is 5.31. The minimum atomic E-state index is -0.0617. The van der Waals surface area contributed by atoms with Gasteiger partial charge in [-0.25, -0.2) is 4.98 Å². The first kappa shape index (κ1) is 14.0. The van der Waals surface area contributed by atoms with E-state index in [4.69, 9.17) is 34.1 Å². The number of rotatable bonds is 3. The highest BCUT2D eigenvalue weighted by atomic mass is 35.5. The van der Waals surface area contributed by atoms with Crippen LogP contribution < -0.4 is 5.73 Å². The van der Waals surface area contributed by atoms with E-state index in [9.17, 15) is 0 Å². The number of nitrogens with zero attached hydrogens (tertiary/aromatic N) is 2. The number of halogens is 2. The standard InChI is InChI=1S/C12H9Cl2N3OS/c13-8-3-1-2-4-9(8)19-12-10(14)7(5-6-16-12)11(15)17-18/h1-6,18H,(H2,15,17). The van der Waals surface area contributed by atoms with Crippen molar-refractivity contribution in [3.8, 4) is 0 Å². The fraction of sp³-hybridized carbons (Fsp3) is 0. The van der Waals surface area contributed by atoms with Gasteiger partial charge in [0.2, 0.25) is 0 Å². The molecule has 0 aliphatic rings. The summed E-state index contributed by atoms with van der Waals surface area (Å²) in [5.41, 5.74) is 5.96. The fourth-order valence-corrected chi connectivity index (χ4v) is 2.79. The minimum Gasteiger partial charge on any atom is -0.409 e. The number of benzene rings is 1. The van der Waals surface area contributed by atoms with Crippen molar-refractivity contribution in [1.82, 2.24) is 4.98 Å². The Balaban J connectivity index is 2.40. The molecule has 0 amide bonds. The maximum Gasteiger partial charge on any atom is 0.171 e. The van der Waals surface area contributed by atoms with Gasteiger partial charge in [0.05, 0.1) is 10.0 Å². The Morgan fingerprint density at radius 3 is 2.68 bits per heavy atom. The number of nitrogens with two attached hydrogens (primary N) is 1. The van der Waals surface area contributed by atoms with Crippen molar-refractivity contribution >= 4 is 40.8 Å². The topological polar surface area (TPSA) is 71.5 Å². The van der Waals surface area contributed by atoms with E-state index in [1.165, 1.54) is 11.8 Å². The molecule has 0 unspecified atom stereocenters. The lowest BCUT2D eigenvalue weighted by Crippen LogP contribution is -2.14. The van der Waals surface area contributed by atoms with Gasteiger partial charge in [0.25, 0.3) is 0 Å². The summed E-state index contributed by atoms with van der Waals surface area (Å²) in [6, 6.07) is 8.93. The van der Waals surface area contributed by atoms with Gasteiger partial charge < -0.3 is 10.9 Å². The van der Waals surface area contributed by atoms with Crippen LogP contribution in [-0.2, 0) is 0 Å². The van der Waals surface area contributed by atoms with Gasteiger partial charge in [-0.2, -0.15) is 0 Å². The normalized spacial score (nSPS) is 11.6. The van der Waals surface area contributed by atoms with Crippen LogP contribution in [0.1, 0.15) is 5.56 Å². The van der Waals surface area contributed by atoms with Crippen molar-refractivity contribution in [1.29, 1.82) is 0 Å². The highest BCUT2D eigenvalue weighted by molar-refractivity contribution is 7.99. The van der Waals surface area contributed by atoms with E-state index in [0.29, 0.717) is 20.6 Å². The Morgan fingerprint density at radius 1 is 1.26 bits per heavy atom. The molecule has 0 spiro atoms. The molecular formula is C12H9Cl2N3OS. The Labute approximate surface area is 124 Å². The van der Waals surface area contributed by atoms with Gasteiger partial charge in [-0.15, -0.1) is 0 Å². The second-order valence-electron chi connectivity index (χ2n) is 3.50. The van der Waals surface area contributed by atoms with Crippen molar-refractivity contribution < 1.29 is 5.21 Å². The van der Waals surface area contributed by atoms with E-state index < -0.39 is 0 Å². The maximum absolute atomic E-state index is 8.69. The summed E-state index contributed by atoms with van der Waals surface area (Å²) >= 11 is 13.6. The van der Waals surface area contributed by atoms with Gasteiger partial charge >= 0.3 is 0 Å². The molecule has 0 saturated carbocycles. The molecule has 0 atom stereocenters. The van der Waals surface area contributed by atoms with Crippen LogP contribution >= 0.6 is 35.0 Å². The molecule has 19 heavy (non-hydrogen) atoms. The zero-order chi connectivity index (χ0) is 13.8. The monoisotopic (exact) mass is 313 g/mol. The fourth-order valence-electron chi connectivity index (χ4n) is 1.38. The molecule has 1 aromatic carbocycles. The SMILES string of the molecule is N/C(=N/O)c1ccnc(Sc2ccccc2Cl)c1Cl. The number of amidine groups is 1. The number of hydrogen-bond acceptors (Lipinski definition) is 4. The van der Waals surface area contributed by atoms with Crippen LogP contribution in [0.25, 0.3) is 0 Å². The third-order valence-corrected chi connectivity index (χ3v) is 4.30. The minimum absolute atomic E-state index is 0.0617. The zero-order valence-corrected chi connectivity index (χ0v) is 11.9. The third kappa shape index (κ3) is 3.12. The van der Waals surface area contributed by atoms with Crippen molar-refractivity contribution in [3.63, 3.8) is 0 Å². The molecule has 1 heterocycles. The van der Waals surface area contributed by atoms with Crippen LogP contribution in [-0.4, -0.2) is 16.0 Å². The number of pyridine rings is 1. The zero-order valence-electron chi connectivity index (χ0n) is 9.55. The number of aromatic nitrogens is 1. The van der Waals surface area contributed by atoms with E-state index in [2.05, 4.69) is 10.1 Å². The molecule has 0 aliphatic carbocycles. The predicted molar refractivity (Wildman–Crippen MR) is 77.3 cm³/mol. The largest absolute Gasteiger partial charge is 0.409 e. The smallest absolute Gasteiger partial charge is 0.171 e. The van der Waals surface area contributed by atoms with E-state index >= 15 is 0 Å². The van der Waals surface area contributed by atoms with Gasteiger partial charge in [0, 0.05) is 16.7 Å². The van der Waals surface area contributed by atoms with Crippen molar-refractivity contribution in [2.24, 2.45) is 10.9 Å². The van der Waals surface area contributed by atoms with Gasteiger partial charge in [-0.1, -0.05) is 52.3 Å². The first-order valence-electron chi connectivity index (χ1n) is 5.18. The Kier molecular flexibility index (Phi) is 4.52. The lowest BCUT2D eigenvalue weighted by molar-refractivity contribution is 0.318. The first-order valence-corrected chi connectivity index (χ1v) is 6.75. The molecule has 4 nitrogen and oxygen atoms in total. The Morgan fingerprint density at radius 2 is 2.00 bits per heavy atom. The average Bonchev–Trinajstić information content (AvgIpc) is 2.42. The molecule has 0 radical (unpaired) electrons. The average molecular weight is 314 g/mol. The van der Waals surface area contributed by atoms with E-state index in [-0.39, 0.29) is 5.84 Å². The van der Waals surface area contributed by atoms with Crippen LogP contribution in [0.2, 0.25) is 10.0 Å². The molecule has 0 bridgehead atoms. The summed E-state index contributed by atoms with van der Waals surface area (Å²) in [5.74, 6) is -0.0617. The molecule has 0 aliphatic heterocycles. The third-order valence-electron chi connectivity index (χ3n) is 2.28. The molecule has 2 rings (SSSR count). The van der Waals surface area contributed by atoms with Crippen LogP contribution in [0, 0.1) is 0 Å². The maximum atomic E-state index is 8.69. The number of oxime groups is 1. The van der Waals surface area contributed by atoms with Gasteiger partial charge in [-0.05, 0) is 18.2 Å². The highest BCUT2D eigenvalue weighted by Gasteiger charge is 2.13. The number of hydrogen-bond donors (Lipinski definition) is 2. The van der Waals surface area contributed by atoms with E-state index in [1.807, 2.05) is 18.2 Å². The lowest BCUT2D eigenvalue weighted by atomic mass is 10.2. The molecule has 98 valence electrons. The van der Waals surface area contributed by atoms with Crippen LogP contribution in [0.3, 0.4) is 0 Å². The first-order chi connectivity index (χ1) is 9.13. The van der Waals surface area contributed by atoms with E-state index in [0.717, 1.165) is 4.90 Å². The summed E-state index contributed by atoms with van der Waals surface area (Å²) in [7, 11) is 0. The summed E-state index contributed by atoms with van der Waals surface area (Å²) in [6.07, 6.45) is 1.54. The summed E-state index contributed by atoms with van der Waals surface area (Å²) in [6.45, 7) is 0. The van der Waals surface area contributed by atoms with Crippen LogP contribution in [0.4, 0.5) is 0 Å². The van der Waals surface area contributed by atoms with Crippen molar-refractivity contribution in [2.45, 2.75) is 9.92 Å². The summed E-state index contributed by atoms with van der Waals surface area (Å²) in [4.78, 5) is 5.00. The molecule has 7 heteroatoms. The molecular weight excluding hydrogens is 305 g/mol. The van der Waals surface area contributed by atoms with E-state index in [1.54, 1.807) is 18.3 Å². The molecule has 1 aromatic heterocycles. The van der Waals surface area contributed by atoms with Gasteiger partial charge in [0.15, 0.2) is 5.84 Å². The summed E-state index contributed by atoms with van der Waals surface area (Å²) in [5, 5.41) is 13.1. The lowest BCUT2D eigenvalue weighted by Gasteiger charge is -2.08. The highest BCUT2D eigenvalue weighted by Crippen LogP contribution is 2.36. The Hall–Kier alpha value is -1.43. The molecule has 2 aromatic rings. The molecule has 3 N–H and O–H groups in total. The van der Waals surface area contributed by atoms with Crippen molar-refractivity contribution in [3.05, 3.63) is 52.1 Å². The summed E-state index contributed by atoms with van der Waals surface area (Å²) < 4.78 is 0.